The van der Waals surface area contributed by atoms with Gasteiger partial charge in [-0.1, -0.05) is 0 Å². The van der Waals surface area contributed by atoms with Gasteiger partial charge in [0, 0.05) is 42.9 Å². The Labute approximate surface area is 148 Å². The smallest absolute Gasteiger partial charge is 0.410 e. The van der Waals surface area contributed by atoms with Crippen LogP contribution in [0.25, 0.3) is 10.9 Å². The van der Waals surface area contributed by atoms with Crippen LogP contribution >= 0.6 is 0 Å². The van der Waals surface area contributed by atoms with Gasteiger partial charge < -0.3 is 24.3 Å². The Morgan fingerprint density at radius 2 is 2.16 bits per heavy atom. The minimum Gasteiger partial charge on any atom is -0.444 e. The molecule has 0 saturated carbocycles. The number of nitrogens with one attached hydrogen (secondary N) is 1. The monoisotopic (exact) mass is 345 g/mol. The topological polar surface area (TPSA) is 55.7 Å². The number of hydrogen-bond acceptors (Lipinski definition) is 4. The third-order valence-corrected chi connectivity index (χ3v) is 4.21. The Kier molecular flexibility index (Phi) is 4.90. The van der Waals surface area contributed by atoms with Crippen molar-refractivity contribution in [1.82, 2.24) is 9.47 Å². The summed E-state index contributed by atoms with van der Waals surface area (Å²) in [7, 11) is 2.04. The van der Waals surface area contributed by atoms with Gasteiger partial charge in [-0.05, 0) is 45.0 Å². The molecule has 136 valence electrons. The van der Waals surface area contributed by atoms with Crippen molar-refractivity contribution in [2.45, 2.75) is 32.5 Å². The van der Waals surface area contributed by atoms with Crippen molar-refractivity contribution in [3.8, 4) is 0 Å². The zero-order valence-electron chi connectivity index (χ0n) is 15.4. The number of carbonyl (C=O) groups is 1. The van der Waals surface area contributed by atoms with E-state index in [9.17, 15) is 4.79 Å². The van der Waals surface area contributed by atoms with Gasteiger partial charge in [-0.3, -0.25) is 0 Å². The number of benzene rings is 1. The van der Waals surface area contributed by atoms with E-state index in [-0.39, 0.29) is 12.2 Å². The molecule has 1 amide bonds. The molecule has 0 spiro atoms. The van der Waals surface area contributed by atoms with Crippen LogP contribution < -0.4 is 5.32 Å². The van der Waals surface area contributed by atoms with Crippen molar-refractivity contribution in [2.75, 3.05) is 31.6 Å². The number of anilines is 1. The van der Waals surface area contributed by atoms with E-state index in [0.29, 0.717) is 26.2 Å². The molecule has 1 atom stereocenters. The van der Waals surface area contributed by atoms with Crippen LogP contribution in [0.1, 0.15) is 20.8 Å². The average Bonchev–Trinajstić information content (AvgIpc) is 2.92. The zero-order chi connectivity index (χ0) is 18.0. The average molecular weight is 345 g/mol. The van der Waals surface area contributed by atoms with Gasteiger partial charge in [-0.2, -0.15) is 0 Å². The molecule has 1 aromatic carbocycles. The highest BCUT2D eigenvalue weighted by Gasteiger charge is 2.27. The zero-order valence-corrected chi connectivity index (χ0v) is 15.4. The second-order valence-corrected chi connectivity index (χ2v) is 7.50. The van der Waals surface area contributed by atoms with Crippen LogP contribution in [0.15, 0.2) is 30.5 Å². The number of ether oxygens (including phenoxy) is 2. The molecule has 1 fully saturated rings. The summed E-state index contributed by atoms with van der Waals surface area (Å²) in [6.07, 6.45) is 1.73. The van der Waals surface area contributed by atoms with Gasteiger partial charge in [0.2, 0.25) is 0 Å². The summed E-state index contributed by atoms with van der Waals surface area (Å²) in [6.45, 7) is 7.93. The van der Waals surface area contributed by atoms with Gasteiger partial charge in [0.25, 0.3) is 0 Å². The molecule has 1 aromatic heterocycles. The Balaban J connectivity index is 1.56. The van der Waals surface area contributed by atoms with E-state index in [1.54, 1.807) is 4.90 Å². The fraction of sp³-hybridized carbons (Fsp3) is 0.526. The number of amides is 1. The summed E-state index contributed by atoms with van der Waals surface area (Å²) in [6, 6.07) is 8.40. The molecule has 2 aromatic rings. The maximum atomic E-state index is 12.2. The van der Waals surface area contributed by atoms with Crippen LogP contribution in [0.5, 0.6) is 0 Å². The highest BCUT2D eigenvalue weighted by Crippen LogP contribution is 2.20. The van der Waals surface area contributed by atoms with E-state index in [1.165, 1.54) is 10.9 Å². The molecular weight excluding hydrogens is 318 g/mol. The molecule has 1 unspecified atom stereocenters. The third kappa shape index (κ3) is 4.45. The summed E-state index contributed by atoms with van der Waals surface area (Å²) in [4.78, 5) is 13.9. The Hall–Kier alpha value is -2.21. The second kappa shape index (κ2) is 6.96. The second-order valence-electron chi connectivity index (χ2n) is 7.50. The highest BCUT2D eigenvalue weighted by atomic mass is 16.6. The van der Waals surface area contributed by atoms with Crippen molar-refractivity contribution in [1.29, 1.82) is 0 Å². The van der Waals surface area contributed by atoms with Crippen molar-refractivity contribution in [2.24, 2.45) is 7.05 Å². The van der Waals surface area contributed by atoms with Crippen molar-refractivity contribution in [3.63, 3.8) is 0 Å². The predicted molar refractivity (Wildman–Crippen MR) is 99.0 cm³/mol. The van der Waals surface area contributed by atoms with Crippen LogP contribution in [0.3, 0.4) is 0 Å². The Morgan fingerprint density at radius 1 is 1.36 bits per heavy atom. The van der Waals surface area contributed by atoms with Crippen LogP contribution in [-0.4, -0.2) is 53.5 Å². The molecule has 2 heterocycles. The van der Waals surface area contributed by atoms with Gasteiger partial charge in [-0.15, -0.1) is 0 Å². The van der Waals surface area contributed by atoms with Crippen LogP contribution in [0.4, 0.5) is 10.5 Å². The molecule has 1 saturated heterocycles. The first-order valence-electron chi connectivity index (χ1n) is 8.70. The van der Waals surface area contributed by atoms with Gasteiger partial charge in [-0.25, -0.2) is 4.79 Å². The fourth-order valence-electron chi connectivity index (χ4n) is 2.96. The lowest BCUT2D eigenvalue weighted by Crippen LogP contribution is -2.49. The normalized spacial score (nSPS) is 18.4. The van der Waals surface area contributed by atoms with Crippen LogP contribution in [0.2, 0.25) is 0 Å². The van der Waals surface area contributed by atoms with E-state index in [2.05, 4.69) is 40.3 Å². The van der Waals surface area contributed by atoms with Crippen molar-refractivity contribution in [3.05, 3.63) is 30.5 Å². The van der Waals surface area contributed by atoms with E-state index in [0.717, 1.165) is 5.69 Å². The standard InChI is InChI=1S/C19H27N3O3/c1-19(2,3)25-18(23)22-9-10-24-16(13-22)12-20-15-5-6-17-14(11-15)7-8-21(17)4/h5-8,11,16,20H,9-10,12-13H2,1-4H3. The van der Waals surface area contributed by atoms with Gasteiger partial charge >= 0.3 is 6.09 Å². The number of hydrogen-bond donors (Lipinski definition) is 1. The maximum Gasteiger partial charge on any atom is 0.410 e. The predicted octanol–water partition coefficient (Wildman–Crippen LogP) is 3.23. The Bertz CT molecular complexity index is 748. The lowest BCUT2D eigenvalue weighted by Gasteiger charge is -2.34. The van der Waals surface area contributed by atoms with Crippen molar-refractivity contribution < 1.29 is 14.3 Å². The molecule has 6 heteroatoms. The number of rotatable bonds is 3. The first-order chi connectivity index (χ1) is 11.8. The molecular formula is C19H27N3O3. The summed E-state index contributed by atoms with van der Waals surface area (Å²) in [5.41, 5.74) is 1.78. The number of carbonyl (C=O) groups excluding carboxylic acids is 1. The van der Waals surface area contributed by atoms with E-state index in [1.807, 2.05) is 27.8 Å². The Morgan fingerprint density at radius 3 is 2.92 bits per heavy atom. The molecule has 6 nitrogen and oxygen atoms in total. The summed E-state index contributed by atoms with van der Waals surface area (Å²) >= 11 is 0. The third-order valence-electron chi connectivity index (χ3n) is 4.21. The number of nitrogens with zero attached hydrogens (tertiary/aromatic N) is 2. The highest BCUT2D eigenvalue weighted by molar-refractivity contribution is 5.83. The van der Waals surface area contributed by atoms with Gasteiger partial charge in [0.1, 0.15) is 5.60 Å². The van der Waals surface area contributed by atoms with Crippen molar-refractivity contribution >= 4 is 22.7 Å². The minimum atomic E-state index is -0.478. The van der Waals surface area contributed by atoms with Crippen LogP contribution in [0, 0.1) is 0 Å². The van der Waals surface area contributed by atoms with E-state index >= 15 is 0 Å². The molecule has 0 radical (unpaired) electrons. The number of fused-ring (bicyclic) bond motifs is 1. The summed E-state index contributed by atoms with van der Waals surface area (Å²) in [5.74, 6) is 0. The number of morpholine rings is 1. The number of aromatic nitrogens is 1. The summed E-state index contributed by atoms with van der Waals surface area (Å²) in [5, 5.41) is 4.61. The quantitative estimate of drug-likeness (QED) is 0.928. The fourth-order valence-corrected chi connectivity index (χ4v) is 2.96. The van der Waals surface area contributed by atoms with E-state index in [4.69, 9.17) is 9.47 Å². The van der Waals surface area contributed by atoms with Gasteiger partial charge in [0.05, 0.1) is 19.3 Å². The first kappa shape index (κ1) is 17.6. The minimum absolute atomic E-state index is 0.0484. The lowest BCUT2D eigenvalue weighted by molar-refractivity contribution is -0.0371. The SMILES string of the molecule is Cn1ccc2cc(NCC3CN(C(=O)OC(C)(C)C)CCO3)ccc21. The molecule has 1 aliphatic rings. The largest absolute Gasteiger partial charge is 0.444 e. The molecule has 25 heavy (non-hydrogen) atoms. The first-order valence-corrected chi connectivity index (χ1v) is 8.70. The van der Waals surface area contributed by atoms with Gasteiger partial charge in [0.15, 0.2) is 0 Å². The van der Waals surface area contributed by atoms with E-state index < -0.39 is 5.60 Å². The summed E-state index contributed by atoms with van der Waals surface area (Å²) < 4.78 is 13.3. The van der Waals surface area contributed by atoms with Crippen LogP contribution in [-0.2, 0) is 16.5 Å². The molecule has 1 N–H and O–H groups in total. The molecule has 0 aliphatic carbocycles. The molecule has 3 rings (SSSR count). The number of aryl methyl sites for hydroxylation is 1. The molecule has 1 aliphatic heterocycles. The molecule has 0 bridgehead atoms. The lowest BCUT2D eigenvalue weighted by atomic mass is 10.2. The maximum absolute atomic E-state index is 12.2.